The molecule has 0 fully saturated rings. The molecule has 0 heterocycles. The maximum absolute atomic E-state index is 13.6. The first-order valence-corrected chi connectivity index (χ1v) is 14.4. The molecule has 2 amide bonds. The van der Waals surface area contributed by atoms with Gasteiger partial charge in [-0.2, -0.15) is 0 Å². The Labute approximate surface area is 238 Å². The summed E-state index contributed by atoms with van der Waals surface area (Å²) < 4.78 is 47.2. The second-order valence-electron chi connectivity index (χ2n) is 8.98. The fourth-order valence-electron chi connectivity index (χ4n) is 4.09. The number of carbonyl (C=O) groups excluding carboxylic acids is 2. The van der Waals surface area contributed by atoms with Gasteiger partial charge in [0.05, 0.1) is 28.4 Å². The highest BCUT2D eigenvalue weighted by Crippen LogP contribution is 2.26. The SMILES string of the molecule is CCOc1ccc(S(=O)(=O)N(CC(=O)Nc2ccccc2C(=O)NCCc2ccccc2)c2ccc(F)cc2)cc1. The molecule has 0 atom stereocenters. The number of rotatable bonds is 12. The van der Waals surface area contributed by atoms with Crippen molar-refractivity contribution >= 4 is 33.2 Å². The Balaban J connectivity index is 1.52. The Morgan fingerprint density at radius 2 is 1.51 bits per heavy atom. The number of halogens is 1. The van der Waals surface area contributed by atoms with Gasteiger partial charge >= 0.3 is 0 Å². The number of hydrogen-bond acceptors (Lipinski definition) is 5. The van der Waals surface area contributed by atoms with Crippen molar-refractivity contribution in [1.29, 1.82) is 0 Å². The van der Waals surface area contributed by atoms with Gasteiger partial charge in [0.1, 0.15) is 18.1 Å². The second-order valence-corrected chi connectivity index (χ2v) is 10.8. The third-order valence-electron chi connectivity index (χ3n) is 6.11. The number of carbonyl (C=O) groups is 2. The van der Waals surface area contributed by atoms with E-state index in [0.29, 0.717) is 25.3 Å². The van der Waals surface area contributed by atoms with Crippen molar-refractivity contribution in [3.05, 3.63) is 120 Å². The molecule has 0 bridgehead atoms. The van der Waals surface area contributed by atoms with E-state index < -0.39 is 28.3 Å². The van der Waals surface area contributed by atoms with E-state index in [0.717, 1.165) is 22.0 Å². The maximum atomic E-state index is 13.6. The number of anilines is 2. The van der Waals surface area contributed by atoms with Gasteiger partial charge < -0.3 is 15.4 Å². The number of sulfonamides is 1. The van der Waals surface area contributed by atoms with E-state index in [1.54, 1.807) is 24.3 Å². The molecule has 10 heteroatoms. The van der Waals surface area contributed by atoms with E-state index in [9.17, 15) is 22.4 Å². The zero-order valence-corrected chi connectivity index (χ0v) is 23.2. The fourth-order valence-corrected chi connectivity index (χ4v) is 5.52. The topological polar surface area (TPSA) is 105 Å². The number of nitrogens with one attached hydrogen (secondary N) is 2. The lowest BCUT2D eigenvalue weighted by molar-refractivity contribution is -0.114. The van der Waals surface area contributed by atoms with Crippen LogP contribution in [0.15, 0.2) is 108 Å². The van der Waals surface area contributed by atoms with Crippen molar-refractivity contribution in [2.24, 2.45) is 0 Å². The number of para-hydroxylation sites is 1. The Bertz CT molecular complexity index is 1580. The zero-order chi connectivity index (χ0) is 29.2. The summed E-state index contributed by atoms with van der Waals surface area (Å²) in [7, 11) is -4.24. The molecule has 0 saturated heterocycles. The van der Waals surface area contributed by atoms with Crippen molar-refractivity contribution in [2.75, 3.05) is 29.3 Å². The van der Waals surface area contributed by atoms with Gasteiger partial charge in [0.15, 0.2) is 0 Å². The van der Waals surface area contributed by atoms with E-state index in [-0.39, 0.29) is 27.7 Å². The van der Waals surface area contributed by atoms with E-state index in [1.807, 2.05) is 37.3 Å². The fraction of sp³-hybridized carbons (Fsp3) is 0.161. The summed E-state index contributed by atoms with van der Waals surface area (Å²) in [4.78, 5) is 26.1. The molecule has 0 aliphatic carbocycles. The summed E-state index contributed by atoms with van der Waals surface area (Å²) >= 11 is 0. The quantitative estimate of drug-likeness (QED) is 0.247. The van der Waals surface area contributed by atoms with Gasteiger partial charge in [0.2, 0.25) is 5.91 Å². The summed E-state index contributed by atoms with van der Waals surface area (Å²) in [5.74, 6) is -1.12. The third-order valence-corrected chi connectivity index (χ3v) is 7.90. The summed E-state index contributed by atoms with van der Waals surface area (Å²) in [5.41, 5.74) is 1.63. The van der Waals surface area contributed by atoms with Gasteiger partial charge in [0.25, 0.3) is 15.9 Å². The van der Waals surface area contributed by atoms with Gasteiger partial charge in [-0.1, -0.05) is 42.5 Å². The molecule has 4 aromatic carbocycles. The van der Waals surface area contributed by atoms with Crippen LogP contribution in [-0.4, -0.2) is 39.9 Å². The van der Waals surface area contributed by atoms with Crippen LogP contribution in [-0.2, 0) is 21.2 Å². The molecule has 2 N–H and O–H groups in total. The molecule has 0 aliphatic heterocycles. The molecule has 41 heavy (non-hydrogen) atoms. The molecule has 4 rings (SSSR count). The molecule has 0 radical (unpaired) electrons. The zero-order valence-electron chi connectivity index (χ0n) is 22.4. The first-order chi connectivity index (χ1) is 19.8. The standard InChI is InChI=1S/C31H30FN3O5S/c1-2-40-26-16-18-27(19-17-26)41(38,39)35(25-14-12-24(32)13-15-25)22-30(36)34-29-11-7-6-10-28(29)31(37)33-21-20-23-8-4-3-5-9-23/h3-19H,2,20-22H2,1H3,(H,33,37)(H,34,36). The molecule has 4 aromatic rings. The lowest BCUT2D eigenvalue weighted by atomic mass is 10.1. The number of nitrogens with zero attached hydrogens (tertiary/aromatic N) is 1. The molecular formula is C31H30FN3O5S. The van der Waals surface area contributed by atoms with Gasteiger partial charge in [-0.15, -0.1) is 0 Å². The molecule has 8 nitrogen and oxygen atoms in total. The van der Waals surface area contributed by atoms with Crippen LogP contribution < -0.4 is 19.7 Å². The number of ether oxygens (including phenoxy) is 1. The molecule has 0 aromatic heterocycles. The van der Waals surface area contributed by atoms with Gasteiger partial charge in [-0.3, -0.25) is 13.9 Å². The molecule has 0 unspecified atom stereocenters. The first-order valence-electron chi connectivity index (χ1n) is 13.0. The van der Waals surface area contributed by atoms with Crippen LogP contribution in [0.2, 0.25) is 0 Å². The van der Waals surface area contributed by atoms with E-state index in [4.69, 9.17) is 4.74 Å². The van der Waals surface area contributed by atoms with Crippen LogP contribution in [0.5, 0.6) is 5.75 Å². The minimum Gasteiger partial charge on any atom is -0.494 e. The first kappa shape index (κ1) is 29.3. The Morgan fingerprint density at radius 1 is 0.854 bits per heavy atom. The summed E-state index contributed by atoms with van der Waals surface area (Å²) in [6.07, 6.45) is 0.636. The Morgan fingerprint density at radius 3 is 2.20 bits per heavy atom. The molecular weight excluding hydrogens is 545 g/mol. The predicted molar refractivity (Wildman–Crippen MR) is 156 cm³/mol. The molecule has 0 saturated carbocycles. The average Bonchev–Trinajstić information content (AvgIpc) is 2.98. The molecule has 0 aliphatic rings. The van der Waals surface area contributed by atoms with Crippen molar-refractivity contribution < 1.29 is 27.1 Å². The summed E-state index contributed by atoms with van der Waals surface area (Å²) in [6, 6.07) is 26.7. The lowest BCUT2D eigenvalue weighted by Gasteiger charge is -2.24. The van der Waals surface area contributed by atoms with Crippen LogP contribution in [0.4, 0.5) is 15.8 Å². The van der Waals surface area contributed by atoms with Gasteiger partial charge in [-0.25, -0.2) is 12.8 Å². The van der Waals surface area contributed by atoms with E-state index >= 15 is 0 Å². The molecule has 0 spiro atoms. The summed E-state index contributed by atoms with van der Waals surface area (Å²) in [6.45, 7) is 2.00. The Hall–Kier alpha value is -4.70. The third kappa shape index (κ3) is 7.70. The van der Waals surface area contributed by atoms with Crippen molar-refractivity contribution in [3.8, 4) is 5.75 Å². The number of hydrogen-bond donors (Lipinski definition) is 2. The van der Waals surface area contributed by atoms with Crippen molar-refractivity contribution in [3.63, 3.8) is 0 Å². The van der Waals surface area contributed by atoms with E-state index in [1.165, 1.54) is 36.4 Å². The highest BCUT2D eigenvalue weighted by Gasteiger charge is 2.28. The van der Waals surface area contributed by atoms with Crippen LogP contribution in [0.1, 0.15) is 22.8 Å². The second kappa shape index (κ2) is 13.6. The lowest BCUT2D eigenvalue weighted by Crippen LogP contribution is -2.38. The van der Waals surface area contributed by atoms with Gasteiger partial charge in [-0.05, 0) is 79.6 Å². The minimum atomic E-state index is -4.24. The smallest absolute Gasteiger partial charge is 0.264 e. The average molecular weight is 576 g/mol. The number of benzene rings is 4. The number of amides is 2. The largest absolute Gasteiger partial charge is 0.494 e. The monoisotopic (exact) mass is 575 g/mol. The van der Waals surface area contributed by atoms with Crippen LogP contribution in [0.3, 0.4) is 0 Å². The van der Waals surface area contributed by atoms with Crippen molar-refractivity contribution in [1.82, 2.24) is 5.32 Å². The maximum Gasteiger partial charge on any atom is 0.264 e. The minimum absolute atomic E-state index is 0.0729. The van der Waals surface area contributed by atoms with Crippen LogP contribution >= 0.6 is 0 Å². The highest BCUT2D eigenvalue weighted by molar-refractivity contribution is 7.92. The van der Waals surface area contributed by atoms with E-state index in [2.05, 4.69) is 10.6 Å². The normalized spacial score (nSPS) is 11.0. The Kier molecular flexibility index (Phi) is 9.70. The van der Waals surface area contributed by atoms with Crippen LogP contribution in [0, 0.1) is 5.82 Å². The van der Waals surface area contributed by atoms with Gasteiger partial charge in [0, 0.05) is 6.54 Å². The predicted octanol–water partition coefficient (Wildman–Crippen LogP) is 5.03. The highest BCUT2D eigenvalue weighted by atomic mass is 32.2. The van der Waals surface area contributed by atoms with Crippen LogP contribution in [0.25, 0.3) is 0 Å². The molecule has 212 valence electrons. The van der Waals surface area contributed by atoms with Crippen molar-refractivity contribution in [2.45, 2.75) is 18.2 Å². The summed E-state index contributed by atoms with van der Waals surface area (Å²) in [5, 5.41) is 5.51.